The Morgan fingerprint density at radius 3 is 2.15 bits per heavy atom. The maximum Gasteiger partial charge on any atom is 0.222 e. The van der Waals surface area contributed by atoms with Gasteiger partial charge in [-0.2, -0.15) is 5.06 Å². The summed E-state index contributed by atoms with van der Waals surface area (Å²) in [7, 11) is 0. The Morgan fingerprint density at radius 1 is 0.800 bits per heavy atom. The van der Waals surface area contributed by atoms with Crippen LogP contribution < -0.4 is 0 Å². The number of piperidine rings is 2. The molecule has 0 N–H and O–H groups in total. The predicted octanol–water partition coefficient (Wildman–Crippen LogP) is 2.98. The van der Waals surface area contributed by atoms with Gasteiger partial charge in [-0.3, -0.25) is 9.63 Å². The molecule has 0 saturated carbocycles. The SMILES string of the molecule is O=C(CCCCCON1CCCCC1)N1CCCCC1. The Bertz CT molecular complexity index is 272. The third-order valence-electron chi connectivity index (χ3n) is 4.33. The van der Waals surface area contributed by atoms with Gasteiger partial charge >= 0.3 is 0 Å². The zero-order valence-corrected chi connectivity index (χ0v) is 12.8. The Labute approximate surface area is 123 Å². The number of hydrogen-bond donors (Lipinski definition) is 0. The van der Waals surface area contributed by atoms with E-state index in [0.717, 1.165) is 58.5 Å². The van der Waals surface area contributed by atoms with Crippen molar-refractivity contribution in [3.8, 4) is 0 Å². The topological polar surface area (TPSA) is 32.8 Å². The maximum absolute atomic E-state index is 12.0. The Morgan fingerprint density at radius 2 is 1.45 bits per heavy atom. The van der Waals surface area contributed by atoms with E-state index in [0.29, 0.717) is 5.91 Å². The van der Waals surface area contributed by atoms with Crippen molar-refractivity contribution in [1.29, 1.82) is 0 Å². The minimum absolute atomic E-state index is 0.363. The van der Waals surface area contributed by atoms with Crippen LogP contribution in [0.15, 0.2) is 0 Å². The first kappa shape index (κ1) is 15.8. The van der Waals surface area contributed by atoms with Crippen molar-refractivity contribution in [2.75, 3.05) is 32.8 Å². The smallest absolute Gasteiger partial charge is 0.222 e. The fourth-order valence-electron chi connectivity index (χ4n) is 3.04. The van der Waals surface area contributed by atoms with Crippen LogP contribution >= 0.6 is 0 Å². The van der Waals surface area contributed by atoms with Crippen molar-refractivity contribution < 1.29 is 9.63 Å². The molecule has 0 spiro atoms. The van der Waals surface area contributed by atoms with Gasteiger partial charge in [0.05, 0.1) is 6.61 Å². The van der Waals surface area contributed by atoms with Gasteiger partial charge < -0.3 is 4.90 Å². The molecule has 4 heteroatoms. The second-order valence-electron chi connectivity index (χ2n) is 6.08. The molecular weight excluding hydrogens is 252 g/mol. The highest BCUT2D eigenvalue weighted by Crippen LogP contribution is 2.12. The van der Waals surface area contributed by atoms with Crippen LogP contribution in [-0.4, -0.2) is 48.7 Å². The van der Waals surface area contributed by atoms with Crippen molar-refractivity contribution in [3.63, 3.8) is 0 Å². The number of carbonyl (C=O) groups is 1. The van der Waals surface area contributed by atoms with E-state index in [1.807, 2.05) is 4.90 Å². The molecule has 0 aromatic heterocycles. The van der Waals surface area contributed by atoms with Crippen LogP contribution in [0.2, 0.25) is 0 Å². The summed E-state index contributed by atoms with van der Waals surface area (Å²) in [5.74, 6) is 0.363. The monoisotopic (exact) mass is 282 g/mol. The predicted molar refractivity (Wildman–Crippen MR) is 80.3 cm³/mol. The molecule has 20 heavy (non-hydrogen) atoms. The fraction of sp³-hybridized carbons (Fsp3) is 0.938. The summed E-state index contributed by atoms with van der Waals surface area (Å²) in [6.07, 6.45) is 11.5. The molecule has 0 aromatic carbocycles. The molecule has 1 amide bonds. The number of unbranched alkanes of at least 4 members (excludes halogenated alkanes) is 2. The lowest BCUT2D eigenvalue weighted by Crippen LogP contribution is -2.35. The molecule has 0 bridgehead atoms. The largest absolute Gasteiger partial charge is 0.343 e. The third-order valence-corrected chi connectivity index (χ3v) is 4.33. The molecule has 2 rings (SSSR count). The second kappa shape index (κ2) is 9.35. The molecule has 4 nitrogen and oxygen atoms in total. The van der Waals surface area contributed by atoms with Gasteiger partial charge in [0.15, 0.2) is 0 Å². The molecule has 2 aliphatic heterocycles. The van der Waals surface area contributed by atoms with Crippen LogP contribution in [0.3, 0.4) is 0 Å². The fourth-order valence-corrected chi connectivity index (χ4v) is 3.04. The van der Waals surface area contributed by atoms with Crippen molar-refractivity contribution in [3.05, 3.63) is 0 Å². The number of rotatable bonds is 7. The average molecular weight is 282 g/mol. The zero-order valence-electron chi connectivity index (χ0n) is 12.8. The van der Waals surface area contributed by atoms with Gasteiger partial charge in [0, 0.05) is 32.6 Å². The molecule has 0 aliphatic carbocycles. The molecule has 2 heterocycles. The summed E-state index contributed by atoms with van der Waals surface area (Å²) in [5.41, 5.74) is 0. The Hall–Kier alpha value is -0.610. The van der Waals surface area contributed by atoms with E-state index < -0.39 is 0 Å². The summed E-state index contributed by atoms with van der Waals surface area (Å²) in [5, 5.41) is 2.11. The number of hydroxylamine groups is 2. The van der Waals surface area contributed by atoms with Crippen LogP contribution in [0, 0.1) is 0 Å². The molecule has 2 saturated heterocycles. The van der Waals surface area contributed by atoms with E-state index in [-0.39, 0.29) is 0 Å². The second-order valence-corrected chi connectivity index (χ2v) is 6.08. The lowest BCUT2D eigenvalue weighted by atomic mass is 10.1. The zero-order chi connectivity index (χ0) is 14.0. The number of amides is 1. The van der Waals surface area contributed by atoms with E-state index in [2.05, 4.69) is 5.06 Å². The van der Waals surface area contributed by atoms with Crippen molar-refractivity contribution in [2.45, 2.75) is 64.2 Å². The van der Waals surface area contributed by atoms with Crippen LogP contribution in [0.25, 0.3) is 0 Å². The molecule has 116 valence electrons. The lowest BCUT2D eigenvalue weighted by molar-refractivity contribution is -0.169. The van der Waals surface area contributed by atoms with Crippen LogP contribution in [0.4, 0.5) is 0 Å². The first-order chi connectivity index (χ1) is 9.86. The summed E-state index contributed by atoms with van der Waals surface area (Å²) < 4.78 is 0. The number of carbonyl (C=O) groups excluding carboxylic acids is 1. The Kier molecular flexibility index (Phi) is 7.37. The highest BCUT2D eigenvalue weighted by atomic mass is 16.7. The minimum atomic E-state index is 0.363. The van der Waals surface area contributed by atoms with Crippen LogP contribution in [0.5, 0.6) is 0 Å². The quantitative estimate of drug-likeness (QED) is 0.673. The molecule has 0 unspecified atom stereocenters. The van der Waals surface area contributed by atoms with Gasteiger partial charge in [-0.25, -0.2) is 0 Å². The van der Waals surface area contributed by atoms with E-state index in [1.165, 1.54) is 38.5 Å². The molecule has 0 radical (unpaired) electrons. The van der Waals surface area contributed by atoms with E-state index in [9.17, 15) is 4.79 Å². The summed E-state index contributed by atoms with van der Waals surface area (Å²) in [4.78, 5) is 19.8. The van der Waals surface area contributed by atoms with Gasteiger partial charge in [0.1, 0.15) is 0 Å². The van der Waals surface area contributed by atoms with Crippen LogP contribution in [-0.2, 0) is 9.63 Å². The van der Waals surface area contributed by atoms with Crippen LogP contribution in [0.1, 0.15) is 64.2 Å². The van der Waals surface area contributed by atoms with Gasteiger partial charge in [0.25, 0.3) is 0 Å². The number of nitrogens with zero attached hydrogens (tertiary/aromatic N) is 2. The highest BCUT2D eigenvalue weighted by molar-refractivity contribution is 5.76. The Balaban J connectivity index is 1.43. The van der Waals surface area contributed by atoms with E-state index >= 15 is 0 Å². The molecule has 0 aromatic rings. The summed E-state index contributed by atoms with van der Waals surface area (Å²) in [6.45, 7) is 4.96. The number of hydrogen-bond acceptors (Lipinski definition) is 3. The molecule has 0 atom stereocenters. The van der Waals surface area contributed by atoms with Gasteiger partial charge in [-0.05, 0) is 44.9 Å². The molecular formula is C16H30N2O2. The maximum atomic E-state index is 12.0. The van der Waals surface area contributed by atoms with Crippen molar-refractivity contribution in [2.24, 2.45) is 0 Å². The van der Waals surface area contributed by atoms with E-state index in [4.69, 9.17) is 4.84 Å². The summed E-state index contributed by atoms with van der Waals surface area (Å²) in [6, 6.07) is 0. The van der Waals surface area contributed by atoms with Crippen molar-refractivity contribution in [1.82, 2.24) is 9.96 Å². The highest BCUT2D eigenvalue weighted by Gasteiger charge is 2.15. The van der Waals surface area contributed by atoms with Gasteiger partial charge in [-0.15, -0.1) is 0 Å². The van der Waals surface area contributed by atoms with Gasteiger partial charge in [0.2, 0.25) is 5.91 Å². The van der Waals surface area contributed by atoms with E-state index in [1.54, 1.807) is 0 Å². The lowest BCUT2D eigenvalue weighted by Gasteiger charge is -2.27. The average Bonchev–Trinajstić information content (AvgIpc) is 2.52. The standard InChI is InChI=1S/C16H30N2O2/c19-16(17-11-5-2-6-12-17)10-4-1-9-15-20-18-13-7-3-8-14-18/h1-15H2. The summed E-state index contributed by atoms with van der Waals surface area (Å²) >= 11 is 0. The first-order valence-electron chi connectivity index (χ1n) is 8.52. The third kappa shape index (κ3) is 5.80. The molecule has 2 aliphatic rings. The molecule has 2 fully saturated rings. The van der Waals surface area contributed by atoms with Gasteiger partial charge in [-0.1, -0.05) is 12.8 Å². The minimum Gasteiger partial charge on any atom is -0.343 e. The first-order valence-corrected chi connectivity index (χ1v) is 8.52. The normalized spacial score (nSPS) is 21.1. The van der Waals surface area contributed by atoms with Crippen molar-refractivity contribution >= 4 is 5.91 Å². The number of likely N-dealkylation sites (tertiary alicyclic amines) is 1.